The maximum atomic E-state index is 13.1. The number of benzene rings is 2. The van der Waals surface area contributed by atoms with Crippen LogP contribution in [-0.2, 0) is 0 Å². The molecule has 0 saturated carbocycles. The molecular weight excluding hydrogens is 427 g/mol. The molecule has 0 aliphatic carbocycles. The van der Waals surface area contributed by atoms with Gasteiger partial charge in [-0.05, 0) is 61.4 Å². The van der Waals surface area contributed by atoms with E-state index < -0.39 is 0 Å². The Morgan fingerprint density at radius 1 is 1.00 bits per heavy atom. The molecule has 0 atom stereocenters. The van der Waals surface area contributed by atoms with Crippen molar-refractivity contribution in [3.8, 4) is 28.5 Å². The summed E-state index contributed by atoms with van der Waals surface area (Å²) in [6, 6.07) is 14.9. The van der Waals surface area contributed by atoms with Gasteiger partial charge in [0, 0.05) is 36.2 Å². The second-order valence-corrected chi connectivity index (χ2v) is 7.83. The molecule has 1 fully saturated rings. The van der Waals surface area contributed by atoms with Gasteiger partial charge in [-0.3, -0.25) is 4.79 Å². The fourth-order valence-electron chi connectivity index (χ4n) is 3.88. The van der Waals surface area contributed by atoms with Gasteiger partial charge in [0.25, 0.3) is 5.91 Å². The number of nitrogens with zero attached hydrogens (tertiary/aromatic N) is 4. The molecule has 1 aliphatic heterocycles. The number of amides is 1. The van der Waals surface area contributed by atoms with Gasteiger partial charge in [-0.25, -0.2) is 4.39 Å². The van der Waals surface area contributed by atoms with Crippen LogP contribution in [0.5, 0.6) is 5.75 Å². The highest BCUT2D eigenvalue weighted by molar-refractivity contribution is 5.93. The van der Waals surface area contributed by atoms with Crippen molar-refractivity contribution in [2.45, 2.75) is 18.8 Å². The summed E-state index contributed by atoms with van der Waals surface area (Å²) in [6.45, 7) is 1.09. The van der Waals surface area contributed by atoms with Gasteiger partial charge in [0.15, 0.2) is 11.5 Å². The Labute approximate surface area is 189 Å². The van der Waals surface area contributed by atoms with Gasteiger partial charge in [-0.15, -0.1) is 0 Å². The zero-order chi connectivity index (χ0) is 22.8. The van der Waals surface area contributed by atoms with E-state index in [-0.39, 0.29) is 23.3 Å². The van der Waals surface area contributed by atoms with Crippen LogP contribution >= 0.6 is 0 Å². The first-order valence-electron chi connectivity index (χ1n) is 10.6. The Bertz CT molecular complexity index is 1240. The minimum Gasteiger partial charge on any atom is -0.497 e. The van der Waals surface area contributed by atoms with Crippen molar-refractivity contribution >= 4 is 5.91 Å². The summed E-state index contributed by atoms with van der Waals surface area (Å²) in [7, 11) is 1.62. The van der Waals surface area contributed by atoms with Crippen molar-refractivity contribution in [2.75, 3.05) is 20.2 Å². The maximum Gasteiger partial charge on any atom is 0.276 e. The summed E-state index contributed by atoms with van der Waals surface area (Å²) in [5.74, 6) is 1.84. The molecule has 0 spiro atoms. The summed E-state index contributed by atoms with van der Waals surface area (Å²) >= 11 is 0. The van der Waals surface area contributed by atoms with Gasteiger partial charge in [0.05, 0.1) is 7.11 Å². The lowest BCUT2D eigenvalue weighted by molar-refractivity contribution is 0.0694. The zero-order valence-electron chi connectivity index (χ0n) is 17.9. The van der Waals surface area contributed by atoms with Crippen molar-refractivity contribution in [3.63, 3.8) is 0 Å². The van der Waals surface area contributed by atoms with E-state index in [1.54, 1.807) is 30.2 Å². The molecule has 0 unspecified atom stereocenters. The van der Waals surface area contributed by atoms with Crippen molar-refractivity contribution in [1.29, 1.82) is 0 Å². The molecule has 3 heterocycles. The van der Waals surface area contributed by atoms with Crippen molar-refractivity contribution in [3.05, 3.63) is 72.0 Å². The number of likely N-dealkylation sites (tertiary alicyclic amines) is 1. The largest absolute Gasteiger partial charge is 0.497 e. The third kappa shape index (κ3) is 4.34. The Kier molecular flexibility index (Phi) is 5.60. The monoisotopic (exact) mass is 448 g/mol. The highest BCUT2D eigenvalue weighted by Crippen LogP contribution is 2.30. The SMILES string of the molecule is COc1ccc(-c2noc(C3CCN(C(=O)c4cc(-c5ccc(F)cc5)on4)CC3)n2)cc1. The molecule has 0 radical (unpaired) electrons. The second kappa shape index (κ2) is 8.85. The van der Waals surface area contributed by atoms with Gasteiger partial charge in [0.1, 0.15) is 11.6 Å². The van der Waals surface area contributed by atoms with Crippen LogP contribution in [0.3, 0.4) is 0 Å². The third-order valence-electron chi connectivity index (χ3n) is 5.78. The highest BCUT2D eigenvalue weighted by atomic mass is 19.1. The highest BCUT2D eigenvalue weighted by Gasteiger charge is 2.29. The maximum absolute atomic E-state index is 13.1. The summed E-state index contributed by atoms with van der Waals surface area (Å²) in [5, 5.41) is 8.01. The average Bonchev–Trinajstić information content (AvgIpc) is 3.55. The van der Waals surface area contributed by atoms with Crippen LogP contribution in [0.4, 0.5) is 4.39 Å². The van der Waals surface area contributed by atoms with E-state index in [1.165, 1.54) is 12.1 Å². The van der Waals surface area contributed by atoms with Gasteiger partial charge in [-0.1, -0.05) is 10.3 Å². The molecule has 9 heteroatoms. The molecule has 1 aliphatic rings. The molecule has 8 nitrogen and oxygen atoms in total. The van der Waals surface area contributed by atoms with Crippen LogP contribution in [0, 0.1) is 5.82 Å². The summed E-state index contributed by atoms with van der Waals surface area (Å²) in [4.78, 5) is 19.2. The molecule has 2 aromatic carbocycles. The molecule has 1 saturated heterocycles. The first-order chi connectivity index (χ1) is 16.1. The molecule has 2 aromatic heterocycles. The Hall–Kier alpha value is -4.01. The normalized spacial score (nSPS) is 14.4. The van der Waals surface area contributed by atoms with E-state index in [1.807, 2.05) is 24.3 Å². The predicted octanol–water partition coefficient (Wildman–Crippen LogP) is 4.56. The fourth-order valence-corrected chi connectivity index (χ4v) is 3.88. The number of carbonyl (C=O) groups excluding carboxylic acids is 1. The van der Waals surface area contributed by atoms with Crippen LogP contribution in [0.15, 0.2) is 63.6 Å². The number of rotatable bonds is 5. The van der Waals surface area contributed by atoms with E-state index in [0.717, 1.165) is 11.3 Å². The third-order valence-corrected chi connectivity index (χ3v) is 5.78. The lowest BCUT2D eigenvalue weighted by atomic mass is 9.96. The quantitative estimate of drug-likeness (QED) is 0.442. The lowest BCUT2D eigenvalue weighted by Gasteiger charge is -2.29. The number of methoxy groups -OCH3 is 1. The molecule has 0 N–H and O–H groups in total. The summed E-state index contributed by atoms with van der Waals surface area (Å²) in [5.41, 5.74) is 1.74. The Balaban J connectivity index is 1.21. The van der Waals surface area contributed by atoms with Gasteiger partial charge in [-0.2, -0.15) is 4.98 Å². The number of hydrogen-bond acceptors (Lipinski definition) is 7. The van der Waals surface area contributed by atoms with Crippen molar-refractivity contribution < 1.29 is 23.0 Å². The molecule has 33 heavy (non-hydrogen) atoms. The minimum absolute atomic E-state index is 0.0839. The number of halogens is 1. The van der Waals surface area contributed by atoms with Gasteiger partial charge < -0.3 is 18.7 Å². The average molecular weight is 448 g/mol. The molecular formula is C24H21FN4O4. The van der Waals surface area contributed by atoms with Crippen molar-refractivity contribution in [2.24, 2.45) is 0 Å². The lowest BCUT2D eigenvalue weighted by Crippen LogP contribution is -2.38. The number of piperidine rings is 1. The van der Waals surface area contributed by atoms with Crippen LogP contribution in [0.25, 0.3) is 22.7 Å². The zero-order valence-corrected chi connectivity index (χ0v) is 17.9. The summed E-state index contributed by atoms with van der Waals surface area (Å²) < 4.78 is 29.1. The van der Waals surface area contributed by atoms with E-state index in [9.17, 15) is 9.18 Å². The van der Waals surface area contributed by atoms with Crippen LogP contribution in [0.1, 0.15) is 35.1 Å². The number of carbonyl (C=O) groups is 1. The molecule has 0 bridgehead atoms. The molecule has 5 rings (SSSR count). The van der Waals surface area contributed by atoms with E-state index in [2.05, 4.69) is 15.3 Å². The smallest absolute Gasteiger partial charge is 0.276 e. The molecule has 168 valence electrons. The van der Waals surface area contributed by atoms with E-state index in [0.29, 0.717) is 49.0 Å². The number of aromatic nitrogens is 3. The van der Waals surface area contributed by atoms with Crippen LogP contribution in [-0.4, -0.2) is 46.3 Å². The van der Waals surface area contributed by atoms with E-state index >= 15 is 0 Å². The van der Waals surface area contributed by atoms with Crippen LogP contribution < -0.4 is 4.74 Å². The standard InChI is InChI=1S/C24H21FN4O4/c1-31-19-8-4-16(5-9-19)22-26-23(33-28-22)17-10-12-29(13-11-17)24(30)20-14-21(32-27-20)15-2-6-18(25)7-3-15/h2-9,14,17H,10-13H2,1H3. The molecule has 1 amide bonds. The Morgan fingerprint density at radius 3 is 2.39 bits per heavy atom. The van der Waals surface area contributed by atoms with Gasteiger partial charge >= 0.3 is 0 Å². The molecule has 4 aromatic rings. The predicted molar refractivity (Wildman–Crippen MR) is 116 cm³/mol. The van der Waals surface area contributed by atoms with E-state index in [4.69, 9.17) is 13.8 Å². The van der Waals surface area contributed by atoms with Crippen molar-refractivity contribution in [1.82, 2.24) is 20.2 Å². The van der Waals surface area contributed by atoms with Gasteiger partial charge in [0.2, 0.25) is 11.7 Å². The summed E-state index contributed by atoms with van der Waals surface area (Å²) in [6.07, 6.45) is 1.41. The number of ether oxygens (including phenoxy) is 1. The minimum atomic E-state index is -0.338. The van der Waals surface area contributed by atoms with Crippen LogP contribution in [0.2, 0.25) is 0 Å². The Morgan fingerprint density at radius 2 is 1.70 bits per heavy atom. The fraction of sp³-hybridized carbons (Fsp3) is 0.250. The second-order valence-electron chi connectivity index (χ2n) is 7.83. The topological polar surface area (TPSA) is 94.5 Å². The number of hydrogen-bond donors (Lipinski definition) is 0. The first kappa shape index (κ1) is 20.9. The first-order valence-corrected chi connectivity index (χ1v) is 10.6.